The van der Waals surface area contributed by atoms with Gasteiger partial charge in [0.05, 0.1) is 0 Å². The van der Waals surface area contributed by atoms with Crippen LogP contribution in [0.5, 0.6) is 0 Å². The molecule has 3 N–H and O–H groups in total. The Bertz CT molecular complexity index is 271. The highest BCUT2D eigenvalue weighted by molar-refractivity contribution is 5.79. The van der Waals surface area contributed by atoms with Gasteiger partial charge in [-0.25, -0.2) is 0 Å². The van der Waals surface area contributed by atoms with E-state index >= 15 is 0 Å². The maximum Gasteiger partial charge on any atom is 0.323 e. The Morgan fingerprint density at radius 1 is 1.18 bits per heavy atom. The highest BCUT2D eigenvalue weighted by Gasteiger charge is 2.37. The predicted octanol–water partition coefficient (Wildman–Crippen LogP) is 0.890. The summed E-state index contributed by atoms with van der Waals surface area (Å²) in [4.78, 5) is 22.5. The third-order valence-corrected chi connectivity index (χ3v) is 3.46. The first-order chi connectivity index (χ1) is 8.10. The van der Waals surface area contributed by atoms with Gasteiger partial charge in [0.25, 0.3) is 0 Å². The van der Waals surface area contributed by atoms with Gasteiger partial charge in [0.15, 0.2) is 0 Å². The molecular weight excluding hydrogens is 220 g/mol. The minimum absolute atomic E-state index is 0.0633. The largest absolute Gasteiger partial charge is 0.480 e. The van der Waals surface area contributed by atoms with Crippen molar-refractivity contribution in [3.05, 3.63) is 0 Å². The molecule has 1 aliphatic rings. The van der Waals surface area contributed by atoms with Gasteiger partial charge in [-0.2, -0.15) is 0 Å². The van der Waals surface area contributed by atoms with E-state index in [0.717, 1.165) is 25.7 Å². The van der Waals surface area contributed by atoms with Crippen LogP contribution in [0.1, 0.15) is 44.9 Å². The number of carbonyl (C=O) groups is 2. The molecule has 1 saturated carbocycles. The average molecular weight is 242 g/mol. The second-order valence-electron chi connectivity index (χ2n) is 4.65. The number of hydrogen-bond acceptors (Lipinski definition) is 3. The first-order valence-electron chi connectivity index (χ1n) is 6.30. The molecule has 5 heteroatoms. The monoisotopic (exact) mass is 242 g/mol. The summed E-state index contributed by atoms with van der Waals surface area (Å²) in [6.45, 7) is 0.423. The Kier molecular flexibility index (Phi) is 5.41. The molecule has 0 heterocycles. The van der Waals surface area contributed by atoms with Crippen LogP contribution in [0.15, 0.2) is 0 Å². The molecule has 1 fully saturated rings. The Hall–Kier alpha value is -1.10. The van der Waals surface area contributed by atoms with E-state index in [9.17, 15) is 14.7 Å². The average Bonchev–Trinajstić information content (AvgIpc) is 2.55. The standard InChI is InChI=1S/C12H22N2O3/c1-13-10(15)6-9-14-12(11(16)17)7-4-2-3-5-8-12/h14H,2-9H2,1H3,(H,13,15)(H,16,17). The van der Waals surface area contributed by atoms with Gasteiger partial charge >= 0.3 is 5.97 Å². The summed E-state index contributed by atoms with van der Waals surface area (Å²) in [5, 5.41) is 15.0. The molecule has 0 unspecified atom stereocenters. The smallest absolute Gasteiger partial charge is 0.323 e. The maximum atomic E-state index is 11.4. The normalized spacial score (nSPS) is 19.4. The molecule has 0 aliphatic heterocycles. The van der Waals surface area contributed by atoms with E-state index in [1.165, 1.54) is 0 Å². The number of amides is 1. The van der Waals surface area contributed by atoms with Crippen molar-refractivity contribution >= 4 is 11.9 Å². The van der Waals surface area contributed by atoms with Gasteiger partial charge in [-0.1, -0.05) is 25.7 Å². The molecule has 1 rings (SSSR count). The van der Waals surface area contributed by atoms with Crippen molar-refractivity contribution in [3.8, 4) is 0 Å². The summed E-state index contributed by atoms with van der Waals surface area (Å²) in [6, 6.07) is 0. The van der Waals surface area contributed by atoms with E-state index in [1.54, 1.807) is 7.05 Å². The predicted molar refractivity (Wildman–Crippen MR) is 64.8 cm³/mol. The molecule has 0 aromatic heterocycles. The minimum atomic E-state index is -0.815. The van der Waals surface area contributed by atoms with Crippen molar-refractivity contribution < 1.29 is 14.7 Å². The summed E-state index contributed by atoms with van der Waals surface area (Å²) in [6.07, 6.45) is 5.74. The van der Waals surface area contributed by atoms with E-state index in [-0.39, 0.29) is 5.91 Å². The fraction of sp³-hybridized carbons (Fsp3) is 0.833. The molecule has 0 aromatic rings. The van der Waals surface area contributed by atoms with Crippen LogP contribution >= 0.6 is 0 Å². The molecule has 1 aliphatic carbocycles. The lowest BCUT2D eigenvalue weighted by Gasteiger charge is -2.29. The van der Waals surface area contributed by atoms with E-state index < -0.39 is 11.5 Å². The maximum absolute atomic E-state index is 11.4. The zero-order chi connectivity index (χ0) is 12.7. The van der Waals surface area contributed by atoms with Crippen LogP contribution in [0, 0.1) is 0 Å². The van der Waals surface area contributed by atoms with Crippen LogP contribution in [-0.2, 0) is 9.59 Å². The topological polar surface area (TPSA) is 78.4 Å². The van der Waals surface area contributed by atoms with Gasteiger partial charge in [0.1, 0.15) is 5.54 Å². The number of carboxylic acid groups (broad SMARTS) is 1. The van der Waals surface area contributed by atoms with E-state index in [1.807, 2.05) is 0 Å². The van der Waals surface area contributed by atoms with Crippen molar-refractivity contribution in [3.63, 3.8) is 0 Å². The lowest BCUT2D eigenvalue weighted by molar-refractivity contribution is -0.145. The van der Waals surface area contributed by atoms with Gasteiger partial charge in [-0.05, 0) is 12.8 Å². The number of nitrogens with one attached hydrogen (secondary N) is 2. The molecule has 0 saturated heterocycles. The summed E-state index contributed by atoms with van der Waals surface area (Å²) >= 11 is 0. The minimum Gasteiger partial charge on any atom is -0.480 e. The molecular formula is C12H22N2O3. The third-order valence-electron chi connectivity index (χ3n) is 3.46. The Labute approximate surface area is 102 Å². The molecule has 1 amide bonds. The zero-order valence-electron chi connectivity index (χ0n) is 10.4. The Morgan fingerprint density at radius 2 is 1.76 bits per heavy atom. The fourth-order valence-corrected chi connectivity index (χ4v) is 2.34. The molecule has 98 valence electrons. The van der Waals surface area contributed by atoms with Gasteiger partial charge < -0.3 is 15.7 Å². The van der Waals surface area contributed by atoms with E-state index in [4.69, 9.17) is 0 Å². The van der Waals surface area contributed by atoms with Crippen molar-refractivity contribution in [1.82, 2.24) is 10.6 Å². The number of rotatable bonds is 5. The second kappa shape index (κ2) is 6.59. The van der Waals surface area contributed by atoms with Crippen LogP contribution < -0.4 is 10.6 Å². The summed E-state index contributed by atoms with van der Waals surface area (Å²) < 4.78 is 0. The van der Waals surface area contributed by atoms with Crippen LogP contribution in [-0.4, -0.2) is 36.1 Å². The van der Waals surface area contributed by atoms with Gasteiger partial charge in [0, 0.05) is 20.0 Å². The third kappa shape index (κ3) is 4.00. The van der Waals surface area contributed by atoms with Crippen molar-refractivity contribution in [2.75, 3.05) is 13.6 Å². The lowest BCUT2D eigenvalue weighted by Crippen LogP contribution is -2.52. The van der Waals surface area contributed by atoms with E-state index in [0.29, 0.717) is 25.8 Å². The Morgan fingerprint density at radius 3 is 2.24 bits per heavy atom. The first kappa shape index (κ1) is 14.0. The SMILES string of the molecule is CNC(=O)CCNC1(C(=O)O)CCCCCC1. The molecule has 5 nitrogen and oxygen atoms in total. The molecule has 0 radical (unpaired) electrons. The summed E-state index contributed by atoms with van der Waals surface area (Å²) in [7, 11) is 1.58. The second-order valence-corrected chi connectivity index (χ2v) is 4.65. The first-order valence-corrected chi connectivity index (χ1v) is 6.30. The van der Waals surface area contributed by atoms with Crippen LogP contribution in [0.3, 0.4) is 0 Å². The molecule has 0 atom stereocenters. The highest BCUT2D eigenvalue weighted by Crippen LogP contribution is 2.27. The molecule has 0 bridgehead atoms. The van der Waals surface area contributed by atoms with Crippen molar-refractivity contribution in [2.24, 2.45) is 0 Å². The number of carboxylic acids is 1. The van der Waals surface area contributed by atoms with Crippen LogP contribution in [0.25, 0.3) is 0 Å². The fourth-order valence-electron chi connectivity index (χ4n) is 2.34. The van der Waals surface area contributed by atoms with Gasteiger partial charge in [0.2, 0.25) is 5.91 Å². The number of hydrogen-bond donors (Lipinski definition) is 3. The quantitative estimate of drug-likeness (QED) is 0.626. The van der Waals surface area contributed by atoms with Crippen LogP contribution in [0.2, 0.25) is 0 Å². The van der Waals surface area contributed by atoms with Crippen LogP contribution in [0.4, 0.5) is 0 Å². The van der Waals surface area contributed by atoms with Gasteiger partial charge in [-0.15, -0.1) is 0 Å². The lowest BCUT2D eigenvalue weighted by atomic mass is 9.90. The summed E-state index contributed by atoms with van der Waals surface area (Å²) in [5.41, 5.74) is -0.815. The molecule has 0 spiro atoms. The Balaban J connectivity index is 2.52. The zero-order valence-corrected chi connectivity index (χ0v) is 10.4. The van der Waals surface area contributed by atoms with Crippen molar-refractivity contribution in [1.29, 1.82) is 0 Å². The number of carbonyl (C=O) groups excluding carboxylic acids is 1. The summed E-state index contributed by atoms with van der Waals surface area (Å²) in [5.74, 6) is -0.844. The highest BCUT2D eigenvalue weighted by atomic mass is 16.4. The number of aliphatic carboxylic acids is 1. The molecule has 17 heavy (non-hydrogen) atoms. The van der Waals surface area contributed by atoms with Crippen molar-refractivity contribution in [2.45, 2.75) is 50.5 Å². The van der Waals surface area contributed by atoms with E-state index in [2.05, 4.69) is 10.6 Å². The van der Waals surface area contributed by atoms with Gasteiger partial charge in [-0.3, -0.25) is 9.59 Å². The molecule has 0 aromatic carbocycles.